The number of nitrogens with zero attached hydrogens (tertiary/aromatic N) is 3. The maximum Gasteiger partial charge on any atom is 0.231 e. The lowest BCUT2D eigenvalue weighted by molar-refractivity contribution is -0.138. The molecule has 0 N–H and O–H groups in total. The number of fused-ring (bicyclic) bond motifs is 2. The summed E-state index contributed by atoms with van der Waals surface area (Å²) < 4.78 is 21.7. The van der Waals surface area contributed by atoms with Gasteiger partial charge >= 0.3 is 0 Å². The van der Waals surface area contributed by atoms with Gasteiger partial charge in [-0.15, -0.1) is 0 Å². The number of rotatable bonds is 9. The van der Waals surface area contributed by atoms with E-state index >= 15 is 0 Å². The first-order valence-corrected chi connectivity index (χ1v) is 12.4. The third kappa shape index (κ3) is 4.44. The van der Waals surface area contributed by atoms with E-state index in [0.29, 0.717) is 34.9 Å². The summed E-state index contributed by atoms with van der Waals surface area (Å²) in [5.41, 5.74) is 1.30. The number of carbonyl (C=O) groups excluding carboxylic acids is 3. The SMILES string of the molecule is COC[C@@H](CC(=O)[C@@H]1C[C@H]2C[C@H]2N1C(=O)Cc1nc(C(C)=O)c2ccccn12)c1cccc(Cl)c1F. The number of halogens is 2. The number of ketones is 2. The van der Waals surface area contributed by atoms with Crippen molar-refractivity contribution in [1.82, 2.24) is 14.3 Å². The van der Waals surface area contributed by atoms with Gasteiger partial charge in [-0.2, -0.15) is 0 Å². The van der Waals surface area contributed by atoms with Gasteiger partial charge in [-0.05, 0) is 42.5 Å². The van der Waals surface area contributed by atoms with Gasteiger partial charge in [-0.25, -0.2) is 9.37 Å². The summed E-state index contributed by atoms with van der Waals surface area (Å²) in [5, 5.41) is -0.00294. The monoisotopic (exact) mass is 511 g/mol. The zero-order chi connectivity index (χ0) is 25.6. The number of Topliss-reactive ketones (excluding diaryl/α,β-unsaturated/α-hetero) is 2. The van der Waals surface area contributed by atoms with Gasteiger partial charge in [-0.3, -0.25) is 14.4 Å². The molecule has 1 aliphatic heterocycles. The van der Waals surface area contributed by atoms with Gasteiger partial charge in [0.15, 0.2) is 11.6 Å². The third-order valence-corrected chi connectivity index (χ3v) is 7.56. The number of ether oxygens (including phenoxy) is 1. The van der Waals surface area contributed by atoms with Crippen LogP contribution in [0.1, 0.15) is 54.0 Å². The Labute approximate surface area is 213 Å². The van der Waals surface area contributed by atoms with E-state index in [-0.39, 0.29) is 48.0 Å². The average Bonchev–Trinajstić information content (AvgIpc) is 3.35. The van der Waals surface area contributed by atoms with Crippen molar-refractivity contribution >= 4 is 34.6 Å². The van der Waals surface area contributed by atoms with Gasteiger partial charge < -0.3 is 14.0 Å². The molecule has 1 aliphatic carbocycles. The number of hydrogen-bond acceptors (Lipinski definition) is 5. The lowest BCUT2D eigenvalue weighted by atomic mass is 9.90. The van der Waals surface area contributed by atoms with E-state index in [4.69, 9.17) is 16.3 Å². The predicted molar refractivity (Wildman–Crippen MR) is 132 cm³/mol. The van der Waals surface area contributed by atoms with Crippen molar-refractivity contribution in [3.63, 3.8) is 0 Å². The second-order valence-electron chi connectivity index (χ2n) is 9.65. The highest BCUT2D eigenvalue weighted by molar-refractivity contribution is 6.30. The minimum Gasteiger partial charge on any atom is -0.384 e. The van der Waals surface area contributed by atoms with Crippen LogP contribution < -0.4 is 0 Å². The second-order valence-corrected chi connectivity index (χ2v) is 10.1. The number of methoxy groups -OCH3 is 1. The Hall–Kier alpha value is -3.10. The molecule has 0 unspecified atom stereocenters. The Morgan fingerprint density at radius 3 is 2.75 bits per heavy atom. The lowest BCUT2D eigenvalue weighted by Gasteiger charge is -2.28. The molecule has 2 aromatic heterocycles. The molecule has 0 radical (unpaired) electrons. The molecule has 1 aromatic carbocycles. The Morgan fingerprint density at radius 2 is 2.00 bits per heavy atom. The molecule has 36 heavy (non-hydrogen) atoms. The van der Waals surface area contributed by atoms with Crippen LogP contribution in [-0.2, 0) is 20.7 Å². The summed E-state index contributed by atoms with van der Waals surface area (Å²) in [4.78, 5) is 45.2. The van der Waals surface area contributed by atoms with Crippen LogP contribution in [0.25, 0.3) is 5.52 Å². The van der Waals surface area contributed by atoms with Crippen molar-refractivity contribution in [1.29, 1.82) is 0 Å². The van der Waals surface area contributed by atoms with Gasteiger partial charge in [-0.1, -0.05) is 29.8 Å². The van der Waals surface area contributed by atoms with Crippen molar-refractivity contribution in [2.45, 2.75) is 50.6 Å². The Balaban J connectivity index is 1.37. The smallest absolute Gasteiger partial charge is 0.231 e. The van der Waals surface area contributed by atoms with Gasteiger partial charge in [0.05, 0.1) is 29.6 Å². The first kappa shape index (κ1) is 24.6. The molecule has 7 nitrogen and oxygen atoms in total. The van der Waals surface area contributed by atoms with Gasteiger partial charge in [0.1, 0.15) is 17.3 Å². The highest BCUT2D eigenvalue weighted by Gasteiger charge is 2.55. The van der Waals surface area contributed by atoms with E-state index in [2.05, 4.69) is 4.98 Å². The maximum absolute atomic E-state index is 14.7. The van der Waals surface area contributed by atoms with Crippen LogP contribution >= 0.6 is 11.6 Å². The quantitative estimate of drug-likeness (QED) is 0.401. The summed E-state index contributed by atoms with van der Waals surface area (Å²) in [6, 6.07) is 9.63. The van der Waals surface area contributed by atoms with E-state index in [1.807, 2.05) is 12.1 Å². The number of imidazole rings is 1. The van der Waals surface area contributed by atoms with Crippen LogP contribution in [0.4, 0.5) is 4.39 Å². The molecule has 0 spiro atoms. The number of hydrogen-bond donors (Lipinski definition) is 0. The molecule has 4 atom stereocenters. The van der Waals surface area contributed by atoms with E-state index in [1.54, 1.807) is 33.7 Å². The Kier molecular flexibility index (Phi) is 6.66. The molecule has 3 aromatic rings. The summed E-state index contributed by atoms with van der Waals surface area (Å²) in [7, 11) is 1.50. The highest BCUT2D eigenvalue weighted by atomic mass is 35.5. The number of piperidine rings is 1. The first-order valence-electron chi connectivity index (χ1n) is 12.0. The number of carbonyl (C=O) groups is 3. The number of amides is 1. The van der Waals surface area contributed by atoms with E-state index in [1.165, 1.54) is 20.1 Å². The fourth-order valence-electron chi connectivity index (χ4n) is 5.49. The third-order valence-electron chi connectivity index (χ3n) is 7.26. The number of benzene rings is 1. The summed E-state index contributed by atoms with van der Waals surface area (Å²) in [5.74, 6) is -0.777. The first-order chi connectivity index (χ1) is 17.3. The van der Waals surface area contributed by atoms with Gasteiger partial charge in [0, 0.05) is 38.6 Å². The molecular formula is C27H27ClFN3O4. The molecule has 1 saturated heterocycles. The van der Waals surface area contributed by atoms with Crippen molar-refractivity contribution in [2.24, 2.45) is 5.92 Å². The van der Waals surface area contributed by atoms with Crippen LogP contribution in [0.2, 0.25) is 5.02 Å². The van der Waals surface area contributed by atoms with Crippen molar-refractivity contribution in [2.75, 3.05) is 13.7 Å². The fourth-order valence-corrected chi connectivity index (χ4v) is 5.67. The summed E-state index contributed by atoms with van der Waals surface area (Å²) in [6.45, 7) is 1.61. The standard InChI is InChI=1S/C27H27ClFN3O4/c1-15(33)27-20-8-3-4-9-31(20)24(30-27)13-25(35)32-21-10-16(21)11-22(32)23(34)12-17(14-36-2)18-6-5-7-19(28)26(18)29/h3-9,16-17,21-22H,10-14H2,1-2H3/t16-,17-,21-,22+/m1/s1. The molecule has 2 fully saturated rings. The topological polar surface area (TPSA) is 81.0 Å². The Morgan fingerprint density at radius 1 is 1.19 bits per heavy atom. The molecule has 188 valence electrons. The maximum atomic E-state index is 14.7. The van der Waals surface area contributed by atoms with Crippen molar-refractivity contribution < 1.29 is 23.5 Å². The molecule has 9 heteroatoms. The number of aromatic nitrogens is 2. The minimum absolute atomic E-state index is 0.00294. The van der Waals surface area contributed by atoms with E-state index < -0.39 is 17.8 Å². The van der Waals surface area contributed by atoms with Gasteiger partial charge in [0.25, 0.3) is 0 Å². The van der Waals surface area contributed by atoms with E-state index in [9.17, 15) is 18.8 Å². The van der Waals surface area contributed by atoms with Crippen LogP contribution in [0, 0.1) is 11.7 Å². The van der Waals surface area contributed by atoms with E-state index in [0.717, 1.165) is 6.42 Å². The molecule has 1 amide bonds. The molecule has 1 saturated carbocycles. The predicted octanol–water partition coefficient (Wildman–Crippen LogP) is 4.25. The largest absolute Gasteiger partial charge is 0.384 e. The summed E-state index contributed by atoms with van der Waals surface area (Å²) >= 11 is 5.97. The second kappa shape index (κ2) is 9.75. The lowest BCUT2D eigenvalue weighted by Crippen LogP contribution is -2.44. The highest BCUT2D eigenvalue weighted by Crippen LogP contribution is 2.49. The number of likely N-dealkylation sites (tertiary alicyclic amines) is 1. The minimum atomic E-state index is -0.568. The Bertz CT molecular complexity index is 1360. The molecule has 0 bridgehead atoms. The van der Waals surface area contributed by atoms with Crippen molar-refractivity contribution in [3.05, 3.63) is 70.5 Å². The normalized spacial score (nSPS) is 21.4. The average molecular weight is 512 g/mol. The van der Waals surface area contributed by atoms with Crippen molar-refractivity contribution in [3.8, 4) is 0 Å². The zero-order valence-corrected chi connectivity index (χ0v) is 20.9. The zero-order valence-electron chi connectivity index (χ0n) is 20.1. The van der Waals surface area contributed by atoms with Crippen LogP contribution in [0.15, 0.2) is 42.6 Å². The number of pyridine rings is 1. The van der Waals surface area contributed by atoms with Crippen LogP contribution in [-0.4, -0.2) is 57.6 Å². The molecule has 3 heterocycles. The van der Waals surface area contributed by atoms with Crippen LogP contribution in [0.5, 0.6) is 0 Å². The molecule has 5 rings (SSSR count). The van der Waals surface area contributed by atoms with Crippen LogP contribution in [0.3, 0.4) is 0 Å². The molecule has 2 aliphatic rings. The summed E-state index contributed by atoms with van der Waals surface area (Å²) in [6.07, 6.45) is 3.28. The fraction of sp³-hybridized carbons (Fsp3) is 0.407. The van der Waals surface area contributed by atoms with Gasteiger partial charge in [0.2, 0.25) is 5.91 Å². The molecular weight excluding hydrogens is 485 g/mol.